The highest BCUT2D eigenvalue weighted by Crippen LogP contribution is 2.39. The standard InChI is InChI=1S/C27H23N5O7/c1-2-27(37)19-11-21-23-17(13-32(21)24(34)18(19)14-38-25(27)35)16(15-5-3-4-6-20(15)29-23)12-28-39-10-9-31-8-7-22(33)30-26(31)36/h3-8,11-12,37H,2,9-10,13-14H2,1H3,(H,30,33,36)/t27-/m0/s1. The summed E-state index contributed by atoms with van der Waals surface area (Å²) in [6.07, 6.45) is 2.98. The first-order valence-electron chi connectivity index (χ1n) is 12.4. The third-order valence-electron chi connectivity index (χ3n) is 7.22. The summed E-state index contributed by atoms with van der Waals surface area (Å²) in [6.45, 7) is 1.91. The monoisotopic (exact) mass is 529 g/mol. The largest absolute Gasteiger partial charge is 0.458 e. The van der Waals surface area contributed by atoms with E-state index >= 15 is 0 Å². The van der Waals surface area contributed by atoms with Crippen molar-refractivity contribution in [1.82, 2.24) is 19.1 Å². The van der Waals surface area contributed by atoms with Crippen molar-refractivity contribution in [2.24, 2.45) is 5.16 Å². The summed E-state index contributed by atoms with van der Waals surface area (Å²) in [5, 5.41) is 16.0. The van der Waals surface area contributed by atoms with Gasteiger partial charge in [-0.15, -0.1) is 0 Å². The van der Waals surface area contributed by atoms with Gasteiger partial charge >= 0.3 is 11.7 Å². The minimum atomic E-state index is -1.91. The number of hydrogen-bond donors (Lipinski definition) is 2. The first kappa shape index (κ1) is 24.5. The number of nitrogens with zero attached hydrogens (tertiary/aromatic N) is 4. The van der Waals surface area contributed by atoms with E-state index < -0.39 is 22.8 Å². The summed E-state index contributed by atoms with van der Waals surface area (Å²) in [6, 6.07) is 10.4. The molecule has 3 aromatic heterocycles. The van der Waals surface area contributed by atoms with Gasteiger partial charge in [-0.25, -0.2) is 14.6 Å². The molecule has 2 N–H and O–H groups in total. The molecular weight excluding hydrogens is 506 g/mol. The maximum absolute atomic E-state index is 13.5. The lowest BCUT2D eigenvalue weighted by Crippen LogP contribution is -2.44. The molecular formula is C27H23N5O7. The number of pyridine rings is 2. The number of cyclic esters (lactones) is 1. The Hall–Kier alpha value is -4.84. The van der Waals surface area contributed by atoms with Crippen LogP contribution in [-0.4, -0.2) is 43.0 Å². The summed E-state index contributed by atoms with van der Waals surface area (Å²) >= 11 is 0. The number of carbonyl (C=O) groups is 1. The second kappa shape index (κ2) is 9.17. The Morgan fingerprint density at radius 3 is 2.82 bits per heavy atom. The zero-order chi connectivity index (χ0) is 27.3. The average molecular weight is 530 g/mol. The number of aliphatic hydroxyl groups is 1. The van der Waals surface area contributed by atoms with Crippen LogP contribution in [0.4, 0.5) is 0 Å². The van der Waals surface area contributed by atoms with Crippen LogP contribution < -0.4 is 16.8 Å². The molecule has 5 heterocycles. The number of fused-ring (bicyclic) bond motifs is 5. The van der Waals surface area contributed by atoms with E-state index in [1.165, 1.54) is 16.8 Å². The Bertz CT molecular complexity index is 1870. The summed E-state index contributed by atoms with van der Waals surface area (Å²) < 4.78 is 8.00. The minimum absolute atomic E-state index is 0.0557. The molecule has 0 aliphatic carbocycles. The molecule has 198 valence electrons. The van der Waals surface area contributed by atoms with E-state index in [-0.39, 0.29) is 49.4 Å². The number of rotatable bonds is 6. The summed E-state index contributed by atoms with van der Waals surface area (Å²) in [7, 11) is 0. The molecule has 0 unspecified atom stereocenters. The van der Waals surface area contributed by atoms with Gasteiger partial charge in [0.25, 0.3) is 11.1 Å². The summed E-state index contributed by atoms with van der Waals surface area (Å²) in [4.78, 5) is 61.4. The average Bonchev–Trinajstić information content (AvgIpc) is 3.30. The van der Waals surface area contributed by atoms with Crippen molar-refractivity contribution in [3.63, 3.8) is 0 Å². The quantitative estimate of drug-likeness (QED) is 0.143. The van der Waals surface area contributed by atoms with Crippen LogP contribution in [0.3, 0.4) is 0 Å². The van der Waals surface area contributed by atoms with Gasteiger partial charge in [-0.1, -0.05) is 30.3 Å². The molecule has 1 atom stereocenters. The molecule has 0 saturated carbocycles. The molecule has 39 heavy (non-hydrogen) atoms. The zero-order valence-electron chi connectivity index (χ0n) is 20.8. The van der Waals surface area contributed by atoms with E-state index in [1.807, 2.05) is 24.3 Å². The van der Waals surface area contributed by atoms with Gasteiger partial charge in [-0.3, -0.25) is 19.1 Å². The molecule has 0 amide bonds. The molecule has 4 aromatic rings. The first-order chi connectivity index (χ1) is 18.8. The van der Waals surface area contributed by atoms with Crippen LogP contribution in [0.25, 0.3) is 22.3 Å². The number of H-pyrrole nitrogens is 1. The van der Waals surface area contributed by atoms with Crippen LogP contribution in [0.5, 0.6) is 0 Å². The highest BCUT2D eigenvalue weighted by atomic mass is 16.6. The second-order valence-corrected chi connectivity index (χ2v) is 9.34. The molecule has 0 fully saturated rings. The molecule has 2 aliphatic heterocycles. The predicted octanol–water partition coefficient (Wildman–Crippen LogP) is 0.980. The number of benzene rings is 1. The number of hydrogen-bond acceptors (Lipinski definition) is 9. The maximum atomic E-state index is 13.5. The number of esters is 1. The number of para-hydroxylation sites is 1. The number of ether oxygens (including phenoxy) is 1. The summed E-state index contributed by atoms with van der Waals surface area (Å²) in [5.41, 5.74) is 0.368. The Morgan fingerprint density at radius 1 is 1.21 bits per heavy atom. The zero-order valence-corrected chi connectivity index (χ0v) is 20.8. The fourth-order valence-corrected chi connectivity index (χ4v) is 5.11. The number of oxime groups is 1. The molecule has 2 aliphatic rings. The van der Waals surface area contributed by atoms with Crippen molar-refractivity contribution in [1.29, 1.82) is 0 Å². The Kier molecular flexibility index (Phi) is 5.76. The number of aromatic amines is 1. The molecule has 12 nitrogen and oxygen atoms in total. The van der Waals surface area contributed by atoms with Crippen molar-refractivity contribution >= 4 is 23.1 Å². The fraction of sp³-hybridized carbons (Fsp3) is 0.259. The van der Waals surface area contributed by atoms with Gasteiger partial charge in [0.2, 0.25) is 0 Å². The predicted molar refractivity (Wildman–Crippen MR) is 139 cm³/mol. The van der Waals surface area contributed by atoms with E-state index in [0.717, 1.165) is 10.9 Å². The fourth-order valence-electron chi connectivity index (χ4n) is 5.11. The van der Waals surface area contributed by atoms with Crippen LogP contribution in [0, 0.1) is 0 Å². The Balaban J connectivity index is 1.39. The van der Waals surface area contributed by atoms with E-state index in [4.69, 9.17) is 14.6 Å². The van der Waals surface area contributed by atoms with Gasteiger partial charge in [-0.05, 0) is 18.6 Å². The van der Waals surface area contributed by atoms with E-state index in [9.17, 15) is 24.3 Å². The van der Waals surface area contributed by atoms with Gasteiger partial charge < -0.3 is 19.2 Å². The van der Waals surface area contributed by atoms with Gasteiger partial charge in [0.05, 0.1) is 41.8 Å². The lowest BCUT2D eigenvalue weighted by atomic mass is 9.86. The normalized spacial score (nSPS) is 17.6. The third kappa shape index (κ3) is 3.87. The molecule has 0 radical (unpaired) electrons. The number of carbonyl (C=O) groups excluding carboxylic acids is 1. The highest BCUT2D eigenvalue weighted by Gasteiger charge is 2.45. The summed E-state index contributed by atoms with van der Waals surface area (Å²) in [5.74, 6) is -0.777. The smallest absolute Gasteiger partial charge is 0.343 e. The number of aromatic nitrogens is 4. The van der Waals surface area contributed by atoms with Crippen molar-refractivity contribution in [2.75, 3.05) is 6.61 Å². The van der Waals surface area contributed by atoms with E-state index in [1.54, 1.807) is 23.8 Å². The molecule has 0 bridgehead atoms. The maximum Gasteiger partial charge on any atom is 0.343 e. The van der Waals surface area contributed by atoms with Crippen molar-refractivity contribution in [3.8, 4) is 11.4 Å². The lowest BCUT2D eigenvalue weighted by Gasteiger charge is -2.31. The SMILES string of the molecule is CC[C@@]1(O)C(=O)OCc2c1cc1n(c2=O)Cc2c-1nc1ccccc1c2C=NOCCn1ccc(=O)[nH]c1=O. The minimum Gasteiger partial charge on any atom is -0.458 e. The first-order valence-corrected chi connectivity index (χ1v) is 12.4. The number of nitrogens with one attached hydrogen (secondary N) is 1. The second-order valence-electron chi connectivity index (χ2n) is 9.34. The van der Waals surface area contributed by atoms with Gasteiger partial charge in [0, 0.05) is 34.3 Å². The van der Waals surface area contributed by atoms with Gasteiger partial charge in [0.1, 0.15) is 13.2 Å². The van der Waals surface area contributed by atoms with Crippen LogP contribution in [0.2, 0.25) is 0 Å². The topological polar surface area (TPSA) is 158 Å². The van der Waals surface area contributed by atoms with Crippen LogP contribution in [-0.2, 0) is 39.7 Å². The molecule has 0 saturated heterocycles. The van der Waals surface area contributed by atoms with Crippen molar-refractivity contribution in [2.45, 2.75) is 38.6 Å². The van der Waals surface area contributed by atoms with Crippen LogP contribution in [0.1, 0.15) is 35.6 Å². The van der Waals surface area contributed by atoms with E-state index in [2.05, 4.69) is 10.1 Å². The van der Waals surface area contributed by atoms with Crippen LogP contribution in [0.15, 0.2) is 62.1 Å². The van der Waals surface area contributed by atoms with Gasteiger partial charge in [-0.2, -0.15) is 0 Å². The Morgan fingerprint density at radius 2 is 2.03 bits per heavy atom. The van der Waals surface area contributed by atoms with Crippen LogP contribution >= 0.6 is 0 Å². The van der Waals surface area contributed by atoms with E-state index in [0.29, 0.717) is 22.5 Å². The molecule has 1 aromatic carbocycles. The molecule has 0 spiro atoms. The Labute approximate surface area is 219 Å². The van der Waals surface area contributed by atoms with Crippen molar-refractivity contribution in [3.05, 3.63) is 96.0 Å². The third-order valence-corrected chi connectivity index (χ3v) is 7.22. The van der Waals surface area contributed by atoms with Crippen molar-refractivity contribution < 1.29 is 19.5 Å². The highest BCUT2D eigenvalue weighted by molar-refractivity contribution is 6.02. The lowest BCUT2D eigenvalue weighted by molar-refractivity contribution is -0.172. The molecule has 12 heteroatoms. The van der Waals surface area contributed by atoms with Gasteiger partial charge in [0.15, 0.2) is 5.60 Å². The molecule has 6 rings (SSSR count).